The summed E-state index contributed by atoms with van der Waals surface area (Å²) in [4.78, 5) is 7.19. The number of hydrogen-bond acceptors (Lipinski definition) is 6. The van der Waals surface area contributed by atoms with Crippen molar-refractivity contribution in [1.82, 2.24) is 14.3 Å². The van der Waals surface area contributed by atoms with Crippen LogP contribution in [0.2, 0.25) is 0 Å². The Morgan fingerprint density at radius 3 is 2.31 bits per heavy atom. The number of fused-ring (bicyclic) bond motifs is 1. The largest absolute Gasteiger partial charge is 0.494 e. The highest BCUT2D eigenvalue weighted by atomic mass is 16.5. The minimum atomic E-state index is 0.645. The van der Waals surface area contributed by atoms with E-state index in [0.717, 1.165) is 41.4 Å². The van der Waals surface area contributed by atoms with Crippen molar-refractivity contribution in [2.45, 2.75) is 13.5 Å². The van der Waals surface area contributed by atoms with Crippen molar-refractivity contribution in [3.05, 3.63) is 48.3 Å². The van der Waals surface area contributed by atoms with Gasteiger partial charge in [0.05, 0.1) is 31.2 Å². The minimum Gasteiger partial charge on any atom is -0.494 e. The number of anilines is 1. The standard InChI is InChI=1S/C22H30N4O3/c1-4-29-19-8-5-17(6-9-19)22-20(16-25(11-13-27-2)12-14-28-3)26-15-18(23)7-10-21(26)24-22/h5-10,15H,4,11-14,16,23H2,1-3H3. The number of benzene rings is 1. The van der Waals surface area contributed by atoms with Gasteiger partial charge in [-0.05, 0) is 43.3 Å². The Balaban J connectivity index is 2.00. The van der Waals surface area contributed by atoms with E-state index in [1.54, 1.807) is 14.2 Å². The molecule has 3 aromatic rings. The predicted molar refractivity (Wildman–Crippen MR) is 115 cm³/mol. The molecule has 2 heterocycles. The lowest BCUT2D eigenvalue weighted by molar-refractivity contribution is 0.109. The van der Waals surface area contributed by atoms with E-state index in [-0.39, 0.29) is 0 Å². The molecule has 0 amide bonds. The van der Waals surface area contributed by atoms with Gasteiger partial charge in [-0.2, -0.15) is 0 Å². The molecule has 29 heavy (non-hydrogen) atoms. The van der Waals surface area contributed by atoms with Crippen molar-refractivity contribution in [2.24, 2.45) is 0 Å². The molecule has 0 aliphatic rings. The average molecular weight is 399 g/mol. The molecule has 0 aliphatic heterocycles. The molecule has 7 nitrogen and oxygen atoms in total. The molecule has 0 saturated heterocycles. The van der Waals surface area contributed by atoms with Crippen LogP contribution < -0.4 is 10.5 Å². The molecule has 2 N–H and O–H groups in total. The quantitative estimate of drug-likeness (QED) is 0.535. The summed E-state index contributed by atoms with van der Waals surface area (Å²) in [6, 6.07) is 11.9. The molecule has 7 heteroatoms. The zero-order valence-electron chi connectivity index (χ0n) is 17.4. The fraction of sp³-hybridized carbons (Fsp3) is 0.409. The number of rotatable bonds is 11. The van der Waals surface area contributed by atoms with Crippen LogP contribution in [0.5, 0.6) is 5.75 Å². The molecule has 156 valence electrons. The Hall–Kier alpha value is -2.61. The number of nitrogen functional groups attached to an aromatic ring is 1. The van der Waals surface area contributed by atoms with Crippen molar-refractivity contribution in [1.29, 1.82) is 0 Å². The monoisotopic (exact) mass is 398 g/mol. The zero-order valence-corrected chi connectivity index (χ0v) is 17.4. The maximum atomic E-state index is 6.07. The van der Waals surface area contributed by atoms with Gasteiger partial charge in [0.15, 0.2) is 0 Å². The Labute approximate surface area is 172 Å². The van der Waals surface area contributed by atoms with E-state index >= 15 is 0 Å². The Morgan fingerprint density at radius 1 is 1.00 bits per heavy atom. The summed E-state index contributed by atoms with van der Waals surface area (Å²) in [5, 5.41) is 0. The Bertz CT molecular complexity index is 900. The molecule has 0 aliphatic carbocycles. The second kappa shape index (κ2) is 10.2. The Morgan fingerprint density at radius 2 is 1.69 bits per heavy atom. The van der Waals surface area contributed by atoms with Crippen molar-refractivity contribution in [2.75, 3.05) is 52.9 Å². The first kappa shape index (κ1) is 21.1. The first-order valence-electron chi connectivity index (χ1n) is 9.86. The molecule has 0 spiro atoms. The summed E-state index contributed by atoms with van der Waals surface area (Å²) in [6.45, 7) is 6.25. The highest BCUT2D eigenvalue weighted by Crippen LogP contribution is 2.28. The van der Waals surface area contributed by atoms with Gasteiger partial charge in [0.25, 0.3) is 0 Å². The number of nitrogens with zero attached hydrogens (tertiary/aromatic N) is 3. The Kier molecular flexibility index (Phi) is 7.46. The van der Waals surface area contributed by atoms with E-state index in [0.29, 0.717) is 32.1 Å². The first-order valence-corrected chi connectivity index (χ1v) is 9.86. The van der Waals surface area contributed by atoms with E-state index in [9.17, 15) is 0 Å². The topological polar surface area (TPSA) is 74.2 Å². The van der Waals surface area contributed by atoms with Gasteiger partial charge >= 0.3 is 0 Å². The molecule has 0 saturated carbocycles. The maximum Gasteiger partial charge on any atom is 0.137 e. The third-order valence-corrected chi connectivity index (χ3v) is 4.78. The predicted octanol–water partition coefficient (Wildman–Crippen LogP) is 3.08. The number of nitrogens with two attached hydrogens (primary N) is 1. The molecule has 2 aromatic heterocycles. The number of ether oxygens (including phenoxy) is 3. The van der Waals surface area contributed by atoms with Crippen molar-refractivity contribution >= 4 is 11.3 Å². The number of imidazole rings is 1. The van der Waals surface area contributed by atoms with Gasteiger partial charge in [0.2, 0.25) is 0 Å². The highest BCUT2D eigenvalue weighted by Gasteiger charge is 2.17. The second-order valence-electron chi connectivity index (χ2n) is 6.82. The lowest BCUT2D eigenvalue weighted by atomic mass is 10.1. The smallest absolute Gasteiger partial charge is 0.137 e. The molecule has 0 radical (unpaired) electrons. The van der Waals surface area contributed by atoms with Gasteiger partial charge in [-0.15, -0.1) is 0 Å². The van der Waals surface area contributed by atoms with Crippen LogP contribution in [0.1, 0.15) is 12.6 Å². The van der Waals surface area contributed by atoms with E-state index in [2.05, 4.69) is 9.30 Å². The second-order valence-corrected chi connectivity index (χ2v) is 6.82. The van der Waals surface area contributed by atoms with E-state index in [1.165, 1.54) is 0 Å². The maximum absolute atomic E-state index is 6.07. The fourth-order valence-corrected chi connectivity index (χ4v) is 3.29. The van der Waals surface area contributed by atoms with Gasteiger partial charge in [0, 0.05) is 51.3 Å². The molecule has 0 unspecified atom stereocenters. The molecule has 0 bridgehead atoms. The summed E-state index contributed by atoms with van der Waals surface area (Å²) in [6.07, 6.45) is 1.93. The van der Waals surface area contributed by atoms with E-state index < -0.39 is 0 Å². The third-order valence-electron chi connectivity index (χ3n) is 4.78. The summed E-state index contributed by atoms with van der Waals surface area (Å²) < 4.78 is 18.2. The molecule has 1 aromatic carbocycles. The number of methoxy groups -OCH3 is 2. The summed E-state index contributed by atoms with van der Waals surface area (Å²) >= 11 is 0. The normalized spacial score (nSPS) is 11.4. The zero-order chi connectivity index (χ0) is 20.6. The van der Waals surface area contributed by atoms with E-state index in [1.807, 2.05) is 49.5 Å². The van der Waals surface area contributed by atoms with Gasteiger partial charge in [-0.1, -0.05) is 0 Å². The van der Waals surface area contributed by atoms with Crippen LogP contribution in [0.15, 0.2) is 42.6 Å². The lowest BCUT2D eigenvalue weighted by Crippen LogP contribution is -2.31. The van der Waals surface area contributed by atoms with Crippen LogP contribution in [0, 0.1) is 0 Å². The van der Waals surface area contributed by atoms with Gasteiger partial charge in [-0.3, -0.25) is 4.90 Å². The number of hydrogen-bond donors (Lipinski definition) is 1. The van der Waals surface area contributed by atoms with Crippen LogP contribution in [0.3, 0.4) is 0 Å². The van der Waals surface area contributed by atoms with Gasteiger partial charge in [0.1, 0.15) is 11.4 Å². The van der Waals surface area contributed by atoms with Crippen LogP contribution in [-0.4, -0.2) is 61.4 Å². The van der Waals surface area contributed by atoms with Crippen LogP contribution in [0.4, 0.5) is 5.69 Å². The van der Waals surface area contributed by atoms with Crippen molar-refractivity contribution in [3.8, 4) is 17.0 Å². The van der Waals surface area contributed by atoms with Crippen LogP contribution in [-0.2, 0) is 16.0 Å². The third kappa shape index (κ3) is 5.26. The minimum absolute atomic E-state index is 0.645. The fourth-order valence-electron chi connectivity index (χ4n) is 3.29. The van der Waals surface area contributed by atoms with Gasteiger partial charge in [-0.25, -0.2) is 4.98 Å². The van der Waals surface area contributed by atoms with Gasteiger partial charge < -0.3 is 24.3 Å². The van der Waals surface area contributed by atoms with Crippen molar-refractivity contribution in [3.63, 3.8) is 0 Å². The average Bonchev–Trinajstić information content (AvgIpc) is 3.08. The summed E-state index contributed by atoms with van der Waals surface area (Å²) in [5.74, 6) is 0.854. The lowest BCUT2D eigenvalue weighted by Gasteiger charge is -2.22. The SMILES string of the molecule is CCOc1ccc(-c2nc3ccc(N)cn3c2CN(CCOC)CCOC)cc1. The molecular weight excluding hydrogens is 368 g/mol. The number of pyridine rings is 1. The first-order chi connectivity index (χ1) is 14.2. The number of aromatic nitrogens is 2. The summed E-state index contributed by atoms with van der Waals surface area (Å²) in [5.41, 5.74) is 10.7. The summed E-state index contributed by atoms with van der Waals surface area (Å²) in [7, 11) is 3.43. The molecular formula is C22H30N4O3. The van der Waals surface area contributed by atoms with Crippen LogP contribution in [0.25, 0.3) is 16.9 Å². The highest BCUT2D eigenvalue weighted by molar-refractivity contribution is 5.68. The van der Waals surface area contributed by atoms with Crippen molar-refractivity contribution < 1.29 is 14.2 Å². The van der Waals surface area contributed by atoms with Crippen LogP contribution >= 0.6 is 0 Å². The molecule has 3 rings (SSSR count). The molecule has 0 fully saturated rings. The van der Waals surface area contributed by atoms with E-state index in [4.69, 9.17) is 24.9 Å². The molecule has 0 atom stereocenters.